The quantitative estimate of drug-likeness (QED) is 0.250. The molecule has 0 amide bonds. The highest BCUT2D eigenvalue weighted by molar-refractivity contribution is 8.14. The Labute approximate surface area is 164 Å². The summed E-state index contributed by atoms with van der Waals surface area (Å²) in [6.45, 7) is 2.18. The number of rotatable bonds is 6. The highest BCUT2D eigenvalue weighted by Crippen LogP contribution is 2.30. The third-order valence-corrected chi connectivity index (χ3v) is 5.68. The van der Waals surface area contributed by atoms with E-state index in [1.165, 1.54) is 15.4 Å². The minimum Gasteiger partial charge on any atom is -0.241 e. The molecule has 0 spiro atoms. The van der Waals surface area contributed by atoms with E-state index in [9.17, 15) is 0 Å². The lowest BCUT2D eigenvalue weighted by Gasteiger charge is -2.10. The molecule has 0 aliphatic rings. The molecule has 0 aromatic heterocycles. The lowest BCUT2D eigenvalue weighted by atomic mass is 10.2. The largest absolute Gasteiger partial charge is 0.241 e. The molecule has 1 nitrogen and oxygen atoms in total. The molecule has 0 saturated carbocycles. The Morgan fingerprint density at radius 2 is 1.31 bits per heavy atom. The predicted molar refractivity (Wildman–Crippen MR) is 117 cm³/mol. The lowest BCUT2D eigenvalue weighted by Crippen LogP contribution is -1.97. The maximum absolute atomic E-state index is 4.94. The number of para-hydroxylation sites is 1. The van der Waals surface area contributed by atoms with E-state index in [1.54, 1.807) is 23.5 Å². The Bertz CT molecular complexity index is 856. The van der Waals surface area contributed by atoms with E-state index in [0.717, 1.165) is 17.2 Å². The third kappa shape index (κ3) is 5.65. The first-order chi connectivity index (χ1) is 12.8. The third-order valence-electron chi connectivity index (χ3n) is 3.68. The monoisotopic (exact) mass is 375 g/mol. The molecule has 0 saturated heterocycles. The van der Waals surface area contributed by atoms with Crippen molar-refractivity contribution in [1.29, 1.82) is 0 Å². The van der Waals surface area contributed by atoms with E-state index in [2.05, 4.69) is 60.9 Å². The van der Waals surface area contributed by atoms with Crippen molar-refractivity contribution in [1.82, 2.24) is 0 Å². The van der Waals surface area contributed by atoms with Crippen molar-refractivity contribution in [2.75, 3.05) is 0 Å². The van der Waals surface area contributed by atoms with Gasteiger partial charge in [-0.2, -0.15) is 0 Å². The van der Waals surface area contributed by atoms with Gasteiger partial charge >= 0.3 is 0 Å². The summed E-state index contributed by atoms with van der Waals surface area (Å²) in [6, 6.07) is 31.0. The number of thioether (sulfide) groups is 2. The van der Waals surface area contributed by atoms with Crippen molar-refractivity contribution < 1.29 is 0 Å². The van der Waals surface area contributed by atoms with Gasteiger partial charge in [-0.15, -0.1) is 0 Å². The van der Waals surface area contributed by atoms with Crippen LogP contribution >= 0.6 is 23.5 Å². The highest BCUT2D eigenvalue weighted by Gasteiger charge is 2.09. The van der Waals surface area contributed by atoms with E-state index in [4.69, 9.17) is 4.99 Å². The van der Waals surface area contributed by atoms with Crippen LogP contribution in [0.1, 0.15) is 13.3 Å². The van der Waals surface area contributed by atoms with E-state index < -0.39 is 0 Å². The minimum atomic E-state index is 0.936. The maximum Gasteiger partial charge on any atom is 0.105 e. The van der Waals surface area contributed by atoms with Crippen LogP contribution in [0.3, 0.4) is 0 Å². The molecule has 3 aromatic carbocycles. The summed E-state index contributed by atoms with van der Waals surface area (Å²) >= 11 is 3.47. The molecule has 130 valence electrons. The van der Waals surface area contributed by atoms with Gasteiger partial charge in [0, 0.05) is 9.79 Å². The van der Waals surface area contributed by atoms with E-state index >= 15 is 0 Å². The van der Waals surface area contributed by atoms with Gasteiger partial charge in [-0.3, -0.25) is 0 Å². The summed E-state index contributed by atoms with van der Waals surface area (Å²) in [5, 5.41) is 3.28. The molecule has 0 fully saturated rings. The topological polar surface area (TPSA) is 12.4 Å². The predicted octanol–water partition coefficient (Wildman–Crippen LogP) is 7.60. The first-order valence-corrected chi connectivity index (χ1v) is 10.3. The van der Waals surface area contributed by atoms with Crippen molar-refractivity contribution in [3.63, 3.8) is 0 Å². The normalized spacial score (nSPS) is 12.2. The average Bonchev–Trinajstić information content (AvgIpc) is 2.71. The summed E-state index contributed by atoms with van der Waals surface area (Å²) in [5.41, 5.74) is 2.23. The van der Waals surface area contributed by atoms with Crippen molar-refractivity contribution in [2.45, 2.75) is 23.1 Å². The number of aliphatic imine (C=N–C) groups is 1. The maximum atomic E-state index is 4.94. The molecule has 0 aliphatic carbocycles. The summed E-state index contributed by atoms with van der Waals surface area (Å²) < 4.78 is 0. The average molecular weight is 376 g/mol. The molecule has 0 N–H and O–H groups in total. The number of benzene rings is 3. The van der Waals surface area contributed by atoms with Crippen LogP contribution < -0.4 is 0 Å². The summed E-state index contributed by atoms with van der Waals surface area (Å²) in [4.78, 5) is 7.37. The van der Waals surface area contributed by atoms with Gasteiger partial charge in [0.05, 0.1) is 5.69 Å². The summed E-state index contributed by atoms with van der Waals surface area (Å²) in [6.07, 6.45) is 0.936. The molecule has 3 aromatic rings. The fraction of sp³-hybridized carbons (Fsp3) is 0.0870. The molecule has 0 bridgehead atoms. The van der Waals surface area contributed by atoms with Gasteiger partial charge in [0.15, 0.2) is 0 Å². The number of hydrogen-bond donors (Lipinski definition) is 0. The second-order valence-electron chi connectivity index (χ2n) is 5.60. The smallest absolute Gasteiger partial charge is 0.105 e. The Morgan fingerprint density at radius 1 is 0.769 bits per heavy atom. The highest BCUT2D eigenvalue weighted by atomic mass is 32.2. The van der Waals surface area contributed by atoms with Gasteiger partial charge in [0.25, 0.3) is 0 Å². The van der Waals surface area contributed by atoms with Crippen LogP contribution in [0.4, 0.5) is 5.69 Å². The fourth-order valence-corrected chi connectivity index (χ4v) is 4.25. The molecular weight excluding hydrogens is 354 g/mol. The van der Waals surface area contributed by atoms with Gasteiger partial charge in [-0.05, 0) is 53.8 Å². The summed E-state index contributed by atoms with van der Waals surface area (Å²) in [7, 11) is 0. The van der Waals surface area contributed by atoms with Gasteiger partial charge < -0.3 is 0 Å². The van der Waals surface area contributed by atoms with Crippen LogP contribution in [0.2, 0.25) is 0 Å². The molecule has 26 heavy (non-hydrogen) atoms. The molecule has 3 heteroatoms. The molecule has 3 rings (SSSR count). The molecule has 0 radical (unpaired) electrons. The van der Waals surface area contributed by atoms with E-state index in [-0.39, 0.29) is 0 Å². The first-order valence-electron chi connectivity index (χ1n) is 8.63. The minimum absolute atomic E-state index is 0.936. The zero-order valence-electron chi connectivity index (χ0n) is 14.7. The molecule has 0 unspecified atom stereocenters. The second kappa shape index (κ2) is 10.0. The van der Waals surface area contributed by atoms with Crippen LogP contribution in [0.5, 0.6) is 0 Å². The Hall–Kier alpha value is -2.23. The van der Waals surface area contributed by atoms with Crippen LogP contribution in [0.15, 0.2) is 117 Å². The number of nitrogens with zero attached hydrogens (tertiary/aromatic N) is 1. The Balaban J connectivity index is 1.91. The Morgan fingerprint density at radius 3 is 1.88 bits per heavy atom. The van der Waals surface area contributed by atoms with Gasteiger partial charge in [-0.25, -0.2) is 4.99 Å². The SMILES string of the molecule is CCC(=C\Sc1ccccc1)/C(=N/c1ccccc1)Sc1ccccc1. The van der Waals surface area contributed by atoms with Crippen LogP contribution in [0.25, 0.3) is 0 Å². The van der Waals surface area contributed by atoms with Crippen molar-refractivity contribution >= 4 is 34.3 Å². The molecule has 0 aliphatic heterocycles. The second-order valence-corrected chi connectivity index (χ2v) is 7.60. The molecule has 0 atom stereocenters. The molecule has 0 heterocycles. The standard InChI is InChI=1S/C23H21NS2/c1-2-19(18-25-21-14-8-4-9-15-21)23(24-20-12-6-3-7-13-20)26-22-16-10-5-11-17-22/h3-18H,2H2,1H3/b19-18+,24-23-. The zero-order valence-corrected chi connectivity index (χ0v) is 16.3. The zero-order chi connectivity index (χ0) is 18.0. The van der Waals surface area contributed by atoms with E-state index in [0.29, 0.717) is 0 Å². The first kappa shape index (κ1) is 18.6. The van der Waals surface area contributed by atoms with Crippen LogP contribution in [-0.2, 0) is 0 Å². The van der Waals surface area contributed by atoms with Crippen molar-refractivity contribution in [3.05, 3.63) is 102 Å². The van der Waals surface area contributed by atoms with Crippen molar-refractivity contribution in [3.8, 4) is 0 Å². The summed E-state index contributed by atoms with van der Waals surface area (Å²) in [5.74, 6) is 0. The van der Waals surface area contributed by atoms with Gasteiger partial charge in [0.1, 0.15) is 5.04 Å². The molecular formula is C23H21NS2. The van der Waals surface area contributed by atoms with Crippen LogP contribution in [0, 0.1) is 0 Å². The van der Waals surface area contributed by atoms with E-state index in [1.807, 2.05) is 42.5 Å². The fourth-order valence-electron chi connectivity index (χ4n) is 2.30. The number of hydrogen-bond acceptors (Lipinski definition) is 3. The van der Waals surface area contributed by atoms with Crippen molar-refractivity contribution in [2.24, 2.45) is 4.99 Å². The van der Waals surface area contributed by atoms with Gasteiger partial charge in [-0.1, -0.05) is 85.0 Å². The van der Waals surface area contributed by atoms with Gasteiger partial charge in [0.2, 0.25) is 0 Å². The lowest BCUT2D eigenvalue weighted by molar-refractivity contribution is 1.18. The Kier molecular flexibility index (Phi) is 7.17. The van der Waals surface area contributed by atoms with Crippen LogP contribution in [-0.4, -0.2) is 5.04 Å².